The molecule has 2 heterocycles. The van der Waals surface area contributed by atoms with Gasteiger partial charge in [0.2, 0.25) is 0 Å². The Morgan fingerprint density at radius 1 is 1.19 bits per heavy atom. The molecule has 0 saturated carbocycles. The lowest BCUT2D eigenvalue weighted by Crippen LogP contribution is -2.40. The van der Waals surface area contributed by atoms with Crippen LogP contribution in [0.3, 0.4) is 0 Å². The van der Waals surface area contributed by atoms with Gasteiger partial charge in [-0.3, -0.25) is 0 Å². The topological polar surface area (TPSA) is 58.8 Å². The van der Waals surface area contributed by atoms with Gasteiger partial charge in [0.1, 0.15) is 11.6 Å². The fourth-order valence-corrected chi connectivity index (χ4v) is 2.68. The van der Waals surface area contributed by atoms with E-state index in [1.807, 2.05) is 12.1 Å². The Kier molecular flexibility index (Phi) is 8.90. The van der Waals surface area contributed by atoms with Gasteiger partial charge in [0, 0.05) is 32.0 Å². The normalized spacial score (nSPS) is 17.0. The molecule has 1 aromatic heterocycles. The van der Waals surface area contributed by atoms with Gasteiger partial charge >= 0.3 is 0 Å². The van der Waals surface area contributed by atoms with Gasteiger partial charge in [-0.15, -0.1) is 24.0 Å². The van der Waals surface area contributed by atoms with Gasteiger partial charge in [-0.25, -0.2) is 9.38 Å². The van der Waals surface area contributed by atoms with Gasteiger partial charge in [-0.2, -0.15) is 0 Å². The highest BCUT2D eigenvalue weighted by Gasteiger charge is 2.15. The molecule has 1 fully saturated rings. The molecule has 0 aliphatic carbocycles. The average molecular weight is 473 g/mol. The number of halogens is 2. The summed E-state index contributed by atoms with van der Waals surface area (Å²) in [6.07, 6.45) is 3.54. The molecule has 0 bridgehead atoms. The molecule has 1 aliphatic heterocycles. The first-order valence-electron chi connectivity index (χ1n) is 8.66. The summed E-state index contributed by atoms with van der Waals surface area (Å²) in [5.41, 5.74) is 0.970. The molecule has 1 unspecified atom stereocenters. The van der Waals surface area contributed by atoms with E-state index in [4.69, 9.17) is 9.15 Å². The quantitative estimate of drug-likeness (QED) is 0.368. The standard InChI is InChI=1S/C19H24FN3O2.HI/c20-17-5-3-15(4-6-17)12-22-19(23-13-16-8-11-24-14-16)21-9-7-18-2-1-10-25-18;/h1-6,10,16H,7-9,11-14H2,(H2,21,22,23);1H. The minimum absolute atomic E-state index is 0. The number of ether oxygens (including phenoxy) is 1. The number of rotatable bonds is 7. The summed E-state index contributed by atoms with van der Waals surface area (Å²) in [4.78, 5) is 4.60. The van der Waals surface area contributed by atoms with Crippen molar-refractivity contribution in [2.24, 2.45) is 10.9 Å². The molecule has 1 aromatic carbocycles. The second kappa shape index (κ2) is 11.2. The van der Waals surface area contributed by atoms with Crippen LogP contribution in [0.1, 0.15) is 17.7 Å². The molecule has 26 heavy (non-hydrogen) atoms. The minimum atomic E-state index is -0.233. The predicted molar refractivity (Wildman–Crippen MR) is 110 cm³/mol. The molecule has 1 saturated heterocycles. The molecule has 5 nitrogen and oxygen atoms in total. The Labute approximate surface area is 170 Å². The zero-order chi connectivity index (χ0) is 17.3. The van der Waals surface area contributed by atoms with Crippen molar-refractivity contribution in [1.29, 1.82) is 0 Å². The number of hydrogen-bond donors (Lipinski definition) is 2. The number of nitrogens with one attached hydrogen (secondary N) is 2. The highest BCUT2D eigenvalue weighted by molar-refractivity contribution is 14.0. The molecule has 1 aliphatic rings. The first kappa shape index (κ1) is 20.7. The maximum absolute atomic E-state index is 13.0. The first-order valence-corrected chi connectivity index (χ1v) is 8.66. The summed E-state index contributed by atoms with van der Waals surface area (Å²) in [7, 11) is 0. The van der Waals surface area contributed by atoms with E-state index in [0.717, 1.165) is 56.4 Å². The fraction of sp³-hybridized carbons (Fsp3) is 0.421. The second-order valence-electron chi connectivity index (χ2n) is 6.16. The Morgan fingerprint density at radius 3 is 2.73 bits per heavy atom. The largest absolute Gasteiger partial charge is 0.469 e. The van der Waals surface area contributed by atoms with Gasteiger partial charge in [0.25, 0.3) is 0 Å². The van der Waals surface area contributed by atoms with Crippen molar-refractivity contribution >= 4 is 29.9 Å². The Balaban J connectivity index is 0.00000243. The van der Waals surface area contributed by atoms with Crippen LogP contribution in [0, 0.1) is 11.7 Å². The van der Waals surface area contributed by atoms with Crippen molar-refractivity contribution in [2.75, 3.05) is 26.3 Å². The number of nitrogens with zero attached hydrogens (tertiary/aromatic N) is 1. The van der Waals surface area contributed by atoms with Gasteiger partial charge < -0.3 is 19.8 Å². The fourth-order valence-electron chi connectivity index (χ4n) is 2.68. The summed E-state index contributed by atoms with van der Waals surface area (Å²) in [5, 5.41) is 6.71. The Hall–Kier alpha value is -1.61. The maximum atomic E-state index is 13.0. The van der Waals surface area contributed by atoms with Crippen LogP contribution in [-0.2, 0) is 17.7 Å². The third-order valence-corrected chi connectivity index (χ3v) is 4.16. The number of guanidine groups is 1. The summed E-state index contributed by atoms with van der Waals surface area (Å²) < 4.78 is 23.8. The van der Waals surface area contributed by atoms with E-state index in [1.165, 1.54) is 12.1 Å². The number of hydrogen-bond acceptors (Lipinski definition) is 3. The number of aliphatic imine (C=N–C) groups is 1. The monoisotopic (exact) mass is 473 g/mol. The van der Waals surface area contributed by atoms with Gasteiger partial charge in [0.15, 0.2) is 5.96 Å². The summed E-state index contributed by atoms with van der Waals surface area (Å²) in [6, 6.07) is 10.3. The van der Waals surface area contributed by atoms with Crippen molar-refractivity contribution in [3.8, 4) is 0 Å². The molecule has 142 valence electrons. The number of benzene rings is 1. The van der Waals surface area contributed by atoms with E-state index in [-0.39, 0.29) is 29.8 Å². The van der Waals surface area contributed by atoms with Crippen LogP contribution in [-0.4, -0.2) is 32.3 Å². The Morgan fingerprint density at radius 2 is 2.04 bits per heavy atom. The number of furan rings is 1. The molecule has 0 amide bonds. The molecule has 3 rings (SSSR count). The van der Waals surface area contributed by atoms with E-state index in [9.17, 15) is 4.39 Å². The molecule has 2 N–H and O–H groups in total. The van der Waals surface area contributed by atoms with Crippen molar-refractivity contribution in [3.63, 3.8) is 0 Å². The first-order chi connectivity index (χ1) is 12.3. The summed E-state index contributed by atoms with van der Waals surface area (Å²) in [5.74, 6) is 1.98. The van der Waals surface area contributed by atoms with Crippen molar-refractivity contribution in [3.05, 3.63) is 59.8 Å². The smallest absolute Gasteiger partial charge is 0.191 e. The van der Waals surface area contributed by atoms with Crippen LogP contribution in [0.15, 0.2) is 52.1 Å². The van der Waals surface area contributed by atoms with E-state index in [1.54, 1.807) is 18.4 Å². The van der Waals surface area contributed by atoms with Crippen molar-refractivity contribution in [2.45, 2.75) is 19.4 Å². The predicted octanol–water partition coefficient (Wildman–Crippen LogP) is 3.35. The van der Waals surface area contributed by atoms with Gasteiger partial charge in [-0.1, -0.05) is 12.1 Å². The molecular formula is C19H25FIN3O2. The van der Waals surface area contributed by atoms with Crippen LogP contribution in [0.4, 0.5) is 4.39 Å². The van der Waals surface area contributed by atoms with Crippen LogP contribution in [0.25, 0.3) is 0 Å². The van der Waals surface area contributed by atoms with E-state index in [2.05, 4.69) is 15.6 Å². The molecule has 7 heteroatoms. The third-order valence-electron chi connectivity index (χ3n) is 4.16. The summed E-state index contributed by atoms with van der Waals surface area (Å²) >= 11 is 0. The lowest BCUT2D eigenvalue weighted by molar-refractivity contribution is 0.186. The molecule has 1 atom stereocenters. The van der Waals surface area contributed by atoms with Crippen LogP contribution >= 0.6 is 24.0 Å². The van der Waals surface area contributed by atoms with Crippen LogP contribution < -0.4 is 10.6 Å². The van der Waals surface area contributed by atoms with Crippen molar-refractivity contribution < 1.29 is 13.5 Å². The van der Waals surface area contributed by atoms with Gasteiger partial charge in [0.05, 0.1) is 19.4 Å². The lowest BCUT2D eigenvalue weighted by Gasteiger charge is -2.15. The maximum Gasteiger partial charge on any atom is 0.191 e. The highest BCUT2D eigenvalue weighted by Crippen LogP contribution is 2.10. The third kappa shape index (κ3) is 6.95. The zero-order valence-corrected chi connectivity index (χ0v) is 16.9. The second-order valence-corrected chi connectivity index (χ2v) is 6.16. The van der Waals surface area contributed by atoms with Crippen molar-refractivity contribution in [1.82, 2.24) is 10.6 Å². The van der Waals surface area contributed by atoms with E-state index in [0.29, 0.717) is 12.5 Å². The minimum Gasteiger partial charge on any atom is -0.469 e. The van der Waals surface area contributed by atoms with E-state index < -0.39 is 0 Å². The molecule has 2 aromatic rings. The van der Waals surface area contributed by atoms with E-state index >= 15 is 0 Å². The average Bonchev–Trinajstić information content (AvgIpc) is 3.32. The SMILES string of the molecule is Fc1ccc(CN=C(NCCc2ccco2)NCC2CCOC2)cc1.I. The van der Waals surface area contributed by atoms with Crippen LogP contribution in [0.2, 0.25) is 0 Å². The zero-order valence-electron chi connectivity index (χ0n) is 14.6. The molecule has 0 spiro atoms. The highest BCUT2D eigenvalue weighted by atomic mass is 127. The Bertz CT molecular complexity index is 656. The van der Waals surface area contributed by atoms with Gasteiger partial charge in [-0.05, 0) is 36.2 Å². The molecular weight excluding hydrogens is 448 g/mol. The lowest BCUT2D eigenvalue weighted by atomic mass is 10.1. The molecule has 0 radical (unpaired) electrons. The van der Waals surface area contributed by atoms with Crippen LogP contribution in [0.5, 0.6) is 0 Å². The summed E-state index contributed by atoms with van der Waals surface area (Å²) in [6.45, 7) is 3.68.